The molecule has 3 heterocycles. The second kappa shape index (κ2) is 10.6. The van der Waals surface area contributed by atoms with Crippen molar-refractivity contribution in [3.8, 4) is 0 Å². The normalized spacial score (nSPS) is 13.9. The number of nitrogens with one attached hydrogen (secondary N) is 1. The van der Waals surface area contributed by atoms with E-state index in [0.29, 0.717) is 49.2 Å². The van der Waals surface area contributed by atoms with Crippen LogP contribution in [0.25, 0.3) is 4.96 Å². The van der Waals surface area contributed by atoms with Crippen molar-refractivity contribution in [2.45, 2.75) is 26.2 Å². The van der Waals surface area contributed by atoms with E-state index in [1.165, 1.54) is 21.4 Å². The van der Waals surface area contributed by atoms with E-state index in [2.05, 4.69) is 20.2 Å². The molecule has 2 aromatic carbocycles. The third-order valence-electron chi connectivity index (χ3n) is 6.46. The lowest BCUT2D eigenvalue weighted by atomic mass is 10.1. The van der Waals surface area contributed by atoms with Crippen molar-refractivity contribution in [1.82, 2.24) is 14.6 Å². The van der Waals surface area contributed by atoms with Crippen molar-refractivity contribution in [2.75, 3.05) is 47.8 Å². The first-order valence-electron chi connectivity index (χ1n) is 12.4. The van der Waals surface area contributed by atoms with Gasteiger partial charge in [0.25, 0.3) is 11.2 Å². The molecule has 1 aliphatic rings. The fraction of sp³-hybridized carbons (Fsp3) is 0.346. The highest BCUT2D eigenvalue weighted by atomic mass is 32.1. The van der Waals surface area contributed by atoms with E-state index in [1.807, 2.05) is 50.2 Å². The molecule has 37 heavy (non-hydrogen) atoms. The molecule has 11 heteroatoms. The maximum Gasteiger partial charge on any atom is 0.292 e. The van der Waals surface area contributed by atoms with Gasteiger partial charge in [0, 0.05) is 56.5 Å². The van der Waals surface area contributed by atoms with Gasteiger partial charge in [0.15, 0.2) is 0 Å². The minimum atomic E-state index is -0.350. The number of benzene rings is 2. The number of nitro groups is 1. The number of nitrogens with zero attached hydrogens (tertiary/aromatic N) is 6. The molecular weight excluding hydrogens is 490 g/mol. The summed E-state index contributed by atoms with van der Waals surface area (Å²) in [5, 5.41) is 20.2. The maximum absolute atomic E-state index is 12.6. The summed E-state index contributed by atoms with van der Waals surface area (Å²) in [5.74, 6) is 0.896. The highest BCUT2D eigenvalue weighted by molar-refractivity contribution is 7.16. The highest BCUT2D eigenvalue weighted by Crippen LogP contribution is 2.30. The lowest BCUT2D eigenvalue weighted by Gasteiger charge is -2.36. The van der Waals surface area contributed by atoms with Crippen molar-refractivity contribution < 1.29 is 4.92 Å². The average molecular weight is 520 g/mol. The molecule has 1 N–H and O–H groups in total. The zero-order valence-electron chi connectivity index (χ0n) is 20.8. The monoisotopic (exact) mass is 519 g/mol. The van der Waals surface area contributed by atoms with Crippen LogP contribution in [0.5, 0.6) is 0 Å². The number of hydrogen-bond acceptors (Lipinski definition) is 9. The van der Waals surface area contributed by atoms with Crippen molar-refractivity contribution in [3.63, 3.8) is 0 Å². The molecule has 1 saturated heterocycles. The lowest BCUT2D eigenvalue weighted by molar-refractivity contribution is -0.383. The van der Waals surface area contributed by atoms with Crippen LogP contribution in [0.4, 0.5) is 22.9 Å². The van der Waals surface area contributed by atoms with E-state index in [1.54, 1.807) is 18.2 Å². The summed E-state index contributed by atoms with van der Waals surface area (Å²) in [7, 11) is 0. The first-order valence-corrected chi connectivity index (χ1v) is 13.2. The number of fused-ring (bicyclic) bond motifs is 1. The number of hydrogen-bond donors (Lipinski definition) is 1. The molecular formula is C26H29N7O3S. The van der Waals surface area contributed by atoms with Gasteiger partial charge in [-0.05, 0) is 24.1 Å². The summed E-state index contributed by atoms with van der Waals surface area (Å²) in [5.41, 5.74) is 2.52. The molecule has 0 unspecified atom stereocenters. The standard InChI is InChI=1S/C26H29N7O3S/c1-18(2)25-29-32-24(34)17-23(28-26(32)37-25)31-14-12-30(13-15-31)20-8-9-22(33(35)36)21(16-20)27-11-10-19-6-4-3-5-7-19/h3-9,16-18,27H,10-15H2,1-2H3. The maximum atomic E-state index is 12.6. The van der Waals surface area contributed by atoms with E-state index in [9.17, 15) is 14.9 Å². The molecule has 192 valence electrons. The average Bonchev–Trinajstić information content (AvgIpc) is 3.35. The van der Waals surface area contributed by atoms with Crippen LogP contribution in [0, 0.1) is 10.1 Å². The van der Waals surface area contributed by atoms with Gasteiger partial charge in [-0.15, -0.1) is 0 Å². The quantitative estimate of drug-likeness (QED) is 0.273. The molecule has 2 aromatic heterocycles. The predicted octanol–water partition coefficient (Wildman–Crippen LogP) is 4.16. The molecule has 4 aromatic rings. The van der Waals surface area contributed by atoms with Gasteiger partial charge in [-0.2, -0.15) is 9.61 Å². The summed E-state index contributed by atoms with van der Waals surface area (Å²) in [6.45, 7) is 7.49. The van der Waals surface area contributed by atoms with E-state index in [-0.39, 0.29) is 22.1 Å². The minimum absolute atomic E-state index is 0.0683. The van der Waals surface area contributed by atoms with E-state index in [0.717, 1.165) is 17.1 Å². The Morgan fingerprint density at radius 2 is 1.78 bits per heavy atom. The third kappa shape index (κ3) is 5.41. The first kappa shape index (κ1) is 24.7. The van der Waals surface area contributed by atoms with E-state index < -0.39 is 0 Å². The van der Waals surface area contributed by atoms with Gasteiger partial charge < -0.3 is 15.1 Å². The summed E-state index contributed by atoms with van der Waals surface area (Å²) in [6, 6.07) is 16.8. The summed E-state index contributed by atoms with van der Waals surface area (Å²) >= 11 is 1.45. The molecule has 1 fully saturated rings. The molecule has 1 aliphatic heterocycles. The topological polar surface area (TPSA) is 109 Å². The van der Waals surface area contributed by atoms with Crippen molar-refractivity contribution in [3.05, 3.63) is 85.6 Å². The van der Waals surface area contributed by atoms with Crippen LogP contribution in [0.1, 0.15) is 30.3 Å². The predicted molar refractivity (Wildman–Crippen MR) is 147 cm³/mol. The smallest absolute Gasteiger partial charge is 0.292 e. The number of rotatable bonds is 8. The lowest BCUT2D eigenvalue weighted by Crippen LogP contribution is -2.47. The number of piperazine rings is 1. The second-order valence-corrected chi connectivity index (χ2v) is 10.3. The van der Waals surface area contributed by atoms with Gasteiger partial charge in [-0.3, -0.25) is 14.9 Å². The van der Waals surface area contributed by atoms with Crippen LogP contribution < -0.4 is 20.7 Å². The van der Waals surface area contributed by atoms with Gasteiger partial charge in [-0.1, -0.05) is 55.5 Å². The zero-order chi connectivity index (χ0) is 25.9. The molecule has 10 nitrogen and oxygen atoms in total. The fourth-order valence-corrected chi connectivity index (χ4v) is 5.31. The first-order chi connectivity index (χ1) is 17.9. The Labute approximate surface area is 218 Å². The highest BCUT2D eigenvalue weighted by Gasteiger charge is 2.22. The van der Waals surface area contributed by atoms with Gasteiger partial charge in [-0.25, -0.2) is 4.98 Å². The van der Waals surface area contributed by atoms with Gasteiger partial charge in [0.05, 0.1) is 4.92 Å². The number of anilines is 3. The third-order valence-corrected chi connectivity index (χ3v) is 7.67. The van der Waals surface area contributed by atoms with Crippen LogP contribution in [-0.2, 0) is 6.42 Å². The Morgan fingerprint density at radius 1 is 1.05 bits per heavy atom. The Bertz CT molecular complexity index is 1460. The molecule has 0 bridgehead atoms. The Hall–Kier alpha value is -3.99. The second-order valence-electron chi connectivity index (χ2n) is 9.34. The van der Waals surface area contributed by atoms with Crippen molar-refractivity contribution >= 4 is 39.2 Å². The molecule has 5 rings (SSSR count). The molecule has 0 spiro atoms. The van der Waals surface area contributed by atoms with Crippen molar-refractivity contribution in [2.24, 2.45) is 0 Å². The van der Waals surface area contributed by atoms with Gasteiger partial charge in [0.2, 0.25) is 4.96 Å². The van der Waals surface area contributed by atoms with E-state index >= 15 is 0 Å². The van der Waals surface area contributed by atoms with Crippen molar-refractivity contribution in [1.29, 1.82) is 0 Å². The SMILES string of the molecule is CC(C)c1nn2c(=O)cc(N3CCN(c4ccc([N+](=O)[O-])c(NCCc5ccccc5)c4)CC3)nc2s1. The Morgan fingerprint density at radius 3 is 2.49 bits per heavy atom. The molecule has 0 radical (unpaired) electrons. The van der Waals surface area contributed by atoms with Crippen LogP contribution in [-0.4, -0.2) is 52.2 Å². The van der Waals surface area contributed by atoms with Gasteiger partial charge >= 0.3 is 0 Å². The van der Waals surface area contributed by atoms with Crippen LogP contribution in [0.15, 0.2) is 59.4 Å². The Balaban J connectivity index is 1.28. The zero-order valence-corrected chi connectivity index (χ0v) is 21.6. The minimum Gasteiger partial charge on any atom is -0.379 e. The summed E-state index contributed by atoms with van der Waals surface area (Å²) < 4.78 is 1.38. The Kier molecular flexibility index (Phi) is 7.04. The van der Waals surface area contributed by atoms with E-state index in [4.69, 9.17) is 4.98 Å². The summed E-state index contributed by atoms with van der Waals surface area (Å²) in [6.07, 6.45) is 0.774. The largest absolute Gasteiger partial charge is 0.379 e. The van der Waals surface area contributed by atoms with Crippen LogP contribution in [0.2, 0.25) is 0 Å². The van der Waals surface area contributed by atoms with Gasteiger partial charge in [0.1, 0.15) is 16.5 Å². The fourth-order valence-electron chi connectivity index (χ4n) is 4.41. The molecule has 0 saturated carbocycles. The molecule has 0 amide bonds. The number of aromatic nitrogens is 3. The number of nitro benzene ring substituents is 1. The van der Waals surface area contributed by atoms with Crippen LogP contribution >= 0.6 is 11.3 Å². The van der Waals surface area contributed by atoms with Crippen LogP contribution in [0.3, 0.4) is 0 Å². The summed E-state index contributed by atoms with van der Waals surface area (Å²) in [4.78, 5) is 33.5. The molecule has 0 atom stereocenters. The molecule has 0 aliphatic carbocycles.